The van der Waals surface area contributed by atoms with Crippen molar-refractivity contribution in [2.45, 2.75) is 52.1 Å². The van der Waals surface area contributed by atoms with Crippen molar-refractivity contribution in [3.63, 3.8) is 0 Å². The molecule has 2 aromatic rings. The number of likely N-dealkylation sites (N-methyl/N-ethyl adjacent to an activating group) is 1. The lowest BCUT2D eigenvalue weighted by molar-refractivity contribution is 0.327. The fourth-order valence-electron chi connectivity index (χ4n) is 2.86. The fourth-order valence-corrected chi connectivity index (χ4v) is 3.58. The summed E-state index contributed by atoms with van der Waals surface area (Å²) < 4.78 is 2.36. The number of hydrogen-bond donors (Lipinski definition) is 1. The zero-order chi connectivity index (χ0) is 14.4. The van der Waals surface area contributed by atoms with Crippen LogP contribution < -0.4 is 5.32 Å². The largest absolute Gasteiger partial charge is 0.326 e. The first kappa shape index (κ1) is 15.3. The van der Waals surface area contributed by atoms with E-state index in [-0.39, 0.29) is 0 Å². The van der Waals surface area contributed by atoms with Crippen molar-refractivity contribution < 1.29 is 0 Å². The maximum atomic E-state index is 4.58. The maximum absolute atomic E-state index is 4.58. The summed E-state index contributed by atoms with van der Waals surface area (Å²) >= 11 is 1.76. The minimum atomic E-state index is 0.467. The second-order valence-corrected chi connectivity index (χ2v) is 6.01. The van der Waals surface area contributed by atoms with Crippen LogP contribution in [0.15, 0.2) is 29.9 Å². The molecule has 0 bridgehead atoms. The van der Waals surface area contributed by atoms with Crippen molar-refractivity contribution in [2.75, 3.05) is 6.54 Å². The number of aromatic nitrogens is 2. The van der Waals surface area contributed by atoms with Gasteiger partial charge in [-0.25, -0.2) is 4.98 Å². The summed E-state index contributed by atoms with van der Waals surface area (Å²) in [6.45, 7) is 7.72. The highest BCUT2D eigenvalue weighted by molar-refractivity contribution is 7.13. The van der Waals surface area contributed by atoms with Gasteiger partial charge in [-0.05, 0) is 30.8 Å². The lowest BCUT2D eigenvalue weighted by Gasteiger charge is -2.29. The van der Waals surface area contributed by atoms with Crippen LogP contribution in [-0.2, 0) is 0 Å². The normalized spacial score (nSPS) is 14.3. The summed E-state index contributed by atoms with van der Waals surface area (Å²) in [6.07, 6.45) is 7.58. The SMILES string of the molecule is CCCC(NCC)C(CC)n1ccnc1-c1cccs1. The van der Waals surface area contributed by atoms with Crippen LogP contribution in [-0.4, -0.2) is 22.1 Å². The van der Waals surface area contributed by atoms with Gasteiger partial charge in [0.05, 0.1) is 10.9 Å². The van der Waals surface area contributed by atoms with E-state index in [9.17, 15) is 0 Å². The monoisotopic (exact) mass is 291 g/mol. The van der Waals surface area contributed by atoms with Crippen LogP contribution >= 0.6 is 11.3 Å². The molecule has 2 atom stereocenters. The summed E-state index contributed by atoms with van der Waals surface area (Å²) in [4.78, 5) is 5.83. The Morgan fingerprint density at radius 3 is 2.80 bits per heavy atom. The van der Waals surface area contributed by atoms with Crippen LogP contribution in [0.1, 0.15) is 46.1 Å². The van der Waals surface area contributed by atoms with Gasteiger partial charge in [-0.15, -0.1) is 11.3 Å². The number of nitrogens with zero attached hydrogens (tertiary/aromatic N) is 2. The second-order valence-electron chi connectivity index (χ2n) is 5.06. The Hall–Kier alpha value is -1.13. The summed E-state index contributed by atoms with van der Waals surface area (Å²) in [5.41, 5.74) is 0. The predicted molar refractivity (Wildman–Crippen MR) is 87.2 cm³/mol. The molecular formula is C16H25N3S. The minimum Gasteiger partial charge on any atom is -0.326 e. The fraction of sp³-hybridized carbons (Fsp3) is 0.562. The van der Waals surface area contributed by atoms with E-state index in [2.05, 4.69) is 59.3 Å². The van der Waals surface area contributed by atoms with Gasteiger partial charge in [0.1, 0.15) is 5.82 Å². The van der Waals surface area contributed by atoms with Crippen LogP contribution in [0.5, 0.6) is 0 Å². The van der Waals surface area contributed by atoms with Crippen LogP contribution in [0, 0.1) is 0 Å². The Labute approximate surface area is 126 Å². The molecule has 0 aromatic carbocycles. The van der Waals surface area contributed by atoms with Crippen molar-refractivity contribution in [1.29, 1.82) is 0 Å². The van der Waals surface area contributed by atoms with Gasteiger partial charge in [-0.1, -0.05) is 33.3 Å². The van der Waals surface area contributed by atoms with E-state index < -0.39 is 0 Å². The lowest BCUT2D eigenvalue weighted by atomic mass is 10.0. The number of hydrogen-bond acceptors (Lipinski definition) is 3. The van der Waals surface area contributed by atoms with E-state index in [0.717, 1.165) is 18.8 Å². The van der Waals surface area contributed by atoms with Gasteiger partial charge < -0.3 is 9.88 Å². The molecule has 0 amide bonds. The van der Waals surface area contributed by atoms with Gasteiger partial charge in [-0.3, -0.25) is 0 Å². The Bertz CT molecular complexity index is 484. The van der Waals surface area contributed by atoms with Crippen LogP contribution in [0.25, 0.3) is 10.7 Å². The third kappa shape index (κ3) is 3.30. The van der Waals surface area contributed by atoms with E-state index in [1.807, 2.05) is 6.20 Å². The zero-order valence-electron chi connectivity index (χ0n) is 12.7. The van der Waals surface area contributed by atoms with Gasteiger partial charge in [0.15, 0.2) is 0 Å². The molecule has 20 heavy (non-hydrogen) atoms. The first-order valence-electron chi connectivity index (χ1n) is 7.61. The molecule has 0 fully saturated rings. The molecule has 0 saturated carbocycles. The minimum absolute atomic E-state index is 0.467. The van der Waals surface area contributed by atoms with Crippen molar-refractivity contribution in [3.8, 4) is 10.7 Å². The van der Waals surface area contributed by atoms with Crippen molar-refractivity contribution in [1.82, 2.24) is 14.9 Å². The van der Waals surface area contributed by atoms with E-state index >= 15 is 0 Å². The van der Waals surface area contributed by atoms with Gasteiger partial charge in [0.25, 0.3) is 0 Å². The second kappa shape index (κ2) is 7.60. The Morgan fingerprint density at radius 2 is 2.20 bits per heavy atom. The van der Waals surface area contributed by atoms with Crippen LogP contribution in [0.3, 0.4) is 0 Å². The van der Waals surface area contributed by atoms with E-state index in [1.165, 1.54) is 17.7 Å². The molecule has 0 radical (unpaired) electrons. The molecular weight excluding hydrogens is 266 g/mol. The molecule has 2 rings (SSSR count). The van der Waals surface area contributed by atoms with E-state index in [0.29, 0.717) is 12.1 Å². The van der Waals surface area contributed by atoms with Crippen LogP contribution in [0.4, 0.5) is 0 Å². The first-order valence-corrected chi connectivity index (χ1v) is 8.49. The molecule has 0 aliphatic heterocycles. The smallest absolute Gasteiger partial charge is 0.150 e. The van der Waals surface area contributed by atoms with Crippen molar-refractivity contribution in [3.05, 3.63) is 29.9 Å². The lowest BCUT2D eigenvalue weighted by Crippen LogP contribution is -2.37. The maximum Gasteiger partial charge on any atom is 0.150 e. The van der Waals surface area contributed by atoms with Crippen molar-refractivity contribution >= 4 is 11.3 Å². The summed E-state index contributed by atoms with van der Waals surface area (Å²) in [5, 5.41) is 5.76. The van der Waals surface area contributed by atoms with Crippen molar-refractivity contribution in [2.24, 2.45) is 0 Å². The van der Waals surface area contributed by atoms with Crippen LogP contribution in [0.2, 0.25) is 0 Å². The molecule has 2 heterocycles. The Kier molecular flexibility index (Phi) is 5.80. The quantitative estimate of drug-likeness (QED) is 0.784. The highest BCUT2D eigenvalue weighted by atomic mass is 32.1. The standard InChI is InChI=1S/C16H25N3S/c1-4-8-13(17-6-3)14(5-2)19-11-10-18-16(19)15-9-7-12-20-15/h7,9-14,17H,4-6,8H2,1-3H3. The van der Waals surface area contributed by atoms with Gasteiger partial charge in [-0.2, -0.15) is 0 Å². The summed E-state index contributed by atoms with van der Waals surface area (Å²) in [5.74, 6) is 1.10. The topological polar surface area (TPSA) is 29.9 Å². The summed E-state index contributed by atoms with van der Waals surface area (Å²) in [6, 6.07) is 5.23. The Balaban J connectivity index is 2.29. The highest BCUT2D eigenvalue weighted by Crippen LogP contribution is 2.29. The molecule has 0 aliphatic carbocycles. The third-order valence-electron chi connectivity index (χ3n) is 3.72. The number of rotatable bonds is 8. The number of thiophene rings is 1. The Morgan fingerprint density at radius 1 is 1.35 bits per heavy atom. The number of imidazole rings is 1. The highest BCUT2D eigenvalue weighted by Gasteiger charge is 2.22. The van der Waals surface area contributed by atoms with Gasteiger partial charge >= 0.3 is 0 Å². The zero-order valence-corrected chi connectivity index (χ0v) is 13.5. The van der Waals surface area contributed by atoms with E-state index in [1.54, 1.807) is 11.3 Å². The molecule has 3 nitrogen and oxygen atoms in total. The predicted octanol–water partition coefficient (Wildman–Crippen LogP) is 4.34. The first-order chi connectivity index (χ1) is 9.81. The van der Waals surface area contributed by atoms with E-state index in [4.69, 9.17) is 0 Å². The molecule has 1 N–H and O–H groups in total. The molecule has 2 unspecified atom stereocenters. The third-order valence-corrected chi connectivity index (χ3v) is 4.58. The molecule has 0 spiro atoms. The molecule has 4 heteroatoms. The average molecular weight is 291 g/mol. The molecule has 0 saturated heterocycles. The summed E-state index contributed by atoms with van der Waals surface area (Å²) in [7, 11) is 0. The molecule has 0 aliphatic rings. The number of nitrogens with one attached hydrogen (secondary N) is 1. The molecule has 110 valence electrons. The average Bonchev–Trinajstić information content (AvgIpc) is 3.10. The van der Waals surface area contributed by atoms with Gasteiger partial charge in [0, 0.05) is 18.4 Å². The van der Waals surface area contributed by atoms with Gasteiger partial charge in [0.2, 0.25) is 0 Å². The molecule has 2 aromatic heterocycles.